The summed E-state index contributed by atoms with van der Waals surface area (Å²) < 4.78 is 1.22. The Kier molecular flexibility index (Phi) is 4.41. The lowest BCUT2D eigenvalue weighted by Gasteiger charge is -2.26. The lowest BCUT2D eigenvalue weighted by atomic mass is 9.84. The number of rotatable bonds is 5. The van der Waals surface area contributed by atoms with Crippen molar-refractivity contribution in [1.82, 2.24) is 10.6 Å². The highest BCUT2D eigenvalue weighted by Crippen LogP contribution is 2.28. The van der Waals surface area contributed by atoms with Gasteiger partial charge in [0.2, 0.25) is 0 Å². The van der Waals surface area contributed by atoms with Crippen LogP contribution in [0.15, 0.2) is 15.9 Å². The number of hydrogen-bond donors (Lipinski definition) is 2. The first-order valence-corrected chi connectivity index (χ1v) is 7.51. The topological polar surface area (TPSA) is 24.1 Å². The predicted molar refractivity (Wildman–Crippen MR) is 73.9 cm³/mol. The van der Waals surface area contributed by atoms with Crippen LogP contribution >= 0.6 is 27.3 Å². The van der Waals surface area contributed by atoms with Gasteiger partial charge in [-0.1, -0.05) is 6.92 Å². The second-order valence-corrected chi connectivity index (χ2v) is 7.14. The van der Waals surface area contributed by atoms with Gasteiger partial charge in [-0.25, -0.2) is 0 Å². The van der Waals surface area contributed by atoms with Gasteiger partial charge in [0, 0.05) is 24.5 Å². The van der Waals surface area contributed by atoms with Gasteiger partial charge in [-0.2, -0.15) is 0 Å². The Bertz CT molecular complexity index is 332. The van der Waals surface area contributed by atoms with Gasteiger partial charge in [0.25, 0.3) is 0 Å². The molecule has 0 spiro atoms. The van der Waals surface area contributed by atoms with Crippen LogP contribution in [0.4, 0.5) is 0 Å². The fourth-order valence-electron chi connectivity index (χ4n) is 2.27. The summed E-state index contributed by atoms with van der Waals surface area (Å²) in [5, 5.41) is 7.07. The molecular weight excluding hydrogens is 284 g/mol. The van der Waals surface area contributed by atoms with E-state index < -0.39 is 0 Å². The van der Waals surface area contributed by atoms with Crippen molar-refractivity contribution in [2.75, 3.05) is 19.6 Å². The van der Waals surface area contributed by atoms with E-state index in [1.165, 1.54) is 34.6 Å². The molecule has 1 atom stereocenters. The van der Waals surface area contributed by atoms with Gasteiger partial charge in [0.15, 0.2) is 0 Å². The maximum atomic E-state index is 3.60. The molecule has 0 bridgehead atoms. The highest BCUT2D eigenvalue weighted by atomic mass is 79.9. The maximum absolute atomic E-state index is 3.60. The molecule has 16 heavy (non-hydrogen) atoms. The summed E-state index contributed by atoms with van der Waals surface area (Å²) in [6.07, 6.45) is 2.58. The van der Waals surface area contributed by atoms with Gasteiger partial charge < -0.3 is 10.6 Å². The Morgan fingerprint density at radius 3 is 3.00 bits per heavy atom. The van der Waals surface area contributed by atoms with Crippen LogP contribution in [0, 0.1) is 5.41 Å². The van der Waals surface area contributed by atoms with E-state index in [0.29, 0.717) is 5.41 Å². The van der Waals surface area contributed by atoms with Crippen molar-refractivity contribution in [1.29, 1.82) is 0 Å². The molecule has 1 aromatic rings. The normalized spacial score (nSPS) is 25.1. The van der Waals surface area contributed by atoms with E-state index >= 15 is 0 Å². The summed E-state index contributed by atoms with van der Waals surface area (Å²) in [4.78, 5) is 1.41. The Morgan fingerprint density at radius 1 is 1.56 bits per heavy atom. The number of nitrogens with one attached hydrogen (secondary N) is 2. The summed E-state index contributed by atoms with van der Waals surface area (Å²) in [7, 11) is 0. The van der Waals surface area contributed by atoms with Crippen LogP contribution in [-0.4, -0.2) is 19.6 Å². The highest BCUT2D eigenvalue weighted by Gasteiger charge is 2.31. The van der Waals surface area contributed by atoms with Crippen LogP contribution in [0.1, 0.15) is 24.6 Å². The van der Waals surface area contributed by atoms with Crippen molar-refractivity contribution in [3.63, 3.8) is 0 Å². The predicted octanol–water partition coefficient (Wildman–Crippen LogP) is 2.99. The Hall–Kier alpha value is 0.1000. The first-order chi connectivity index (χ1) is 7.74. The molecular formula is C12H19BrN2S. The van der Waals surface area contributed by atoms with Crippen LogP contribution in [0.5, 0.6) is 0 Å². The molecule has 2 rings (SSSR count). The molecule has 0 amide bonds. The number of hydrogen-bond acceptors (Lipinski definition) is 3. The minimum atomic E-state index is 0.495. The Labute approximate surface area is 110 Å². The summed E-state index contributed by atoms with van der Waals surface area (Å²) in [5.74, 6) is 0. The first kappa shape index (κ1) is 12.6. The molecule has 1 saturated heterocycles. The summed E-state index contributed by atoms with van der Waals surface area (Å²) in [5.41, 5.74) is 0.495. The third-order valence-corrected chi connectivity index (χ3v) is 5.13. The average Bonchev–Trinajstić information content (AvgIpc) is 2.89. The SMILES string of the molecule is CCC1(CNCc2ccc(Br)s2)CCNC1. The van der Waals surface area contributed by atoms with E-state index in [9.17, 15) is 0 Å². The van der Waals surface area contributed by atoms with Crippen molar-refractivity contribution in [2.45, 2.75) is 26.3 Å². The highest BCUT2D eigenvalue weighted by molar-refractivity contribution is 9.11. The minimum absolute atomic E-state index is 0.495. The maximum Gasteiger partial charge on any atom is 0.0701 e. The van der Waals surface area contributed by atoms with E-state index in [2.05, 4.69) is 45.6 Å². The van der Waals surface area contributed by atoms with Gasteiger partial charge >= 0.3 is 0 Å². The molecule has 4 heteroatoms. The van der Waals surface area contributed by atoms with Gasteiger partial charge in [0.05, 0.1) is 3.79 Å². The standard InChI is InChI=1S/C12H19BrN2S/c1-2-12(5-6-14-8-12)9-15-7-10-3-4-11(13)16-10/h3-4,14-15H,2,5-9H2,1H3. The second kappa shape index (κ2) is 5.63. The molecule has 1 aliphatic heterocycles. The van der Waals surface area contributed by atoms with Crippen LogP contribution in [-0.2, 0) is 6.54 Å². The zero-order valence-electron chi connectivity index (χ0n) is 9.68. The van der Waals surface area contributed by atoms with Crippen LogP contribution in [0.25, 0.3) is 0 Å². The Balaban J connectivity index is 1.78. The molecule has 90 valence electrons. The van der Waals surface area contributed by atoms with E-state index in [1.54, 1.807) is 0 Å². The summed E-state index contributed by atoms with van der Waals surface area (Å²) in [6.45, 7) is 6.78. The Morgan fingerprint density at radius 2 is 2.44 bits per heavy atom. The zero-order chi connectivity index (χ0) is 11.4. The molecule has 0 aliphatic carbocycles. The summed E-state index contributed by atoms with van der Waals surface area (Å²) >= 11 is 5.31. The number of thiophene rings is 1. The second-order valence-electron chi connectivity index (χ2n) is 4.59. The molecule has 2 nitrogen and oxygen atoms in total. The van der Waals surface area contributed by atoms with Crippen molar-refractivity contribution in [2.24, 2.45) is 5.41 Å². The molecule has 2 N–H and O–H groups in total. The first-order valence-electron chi connectivity index (χ1n) is 5.90. The lowest BCUT2D eigenvalue weighted by Crippen LogP contribution is -2.35. The van der Waals surface area contributed by atoms with Crippen molar-refractivity contribution in [3.8, 4) is 0 Å². The van der Waals surface area contributed by atoms with Crippen LogP contribution < -0.4 is 10.6 Å². The molecule has 0 saturated carbocycles. The van der Waals surface area contributed by atoms with Crippen molar-refractivity contribution in [3.05, 3.63) is 20.8 Å². The molecule has 2 heterocycles. The van der Waals surface area contributed by atoms with E-state index in [1.807, 2.05) is 11.3 Å². The fourth-order valence-corrected chi connectivity index (χ4v) is 3.72. The van der Waals surface area contributed by atoms with Crippen molar-refractivity contribution >= 4 is 27.3 Å². The average molecular weight is 303 g/mol. The molecule has 1 aliphatic rings. The van der Waals surface area contributed by atoms with Crippen LogP contribution in [0.2, 0.25) is 0 Å². The van der Waals surface area contributed by atoms with E-state index in [4.69, 9.17) is 0 Å². The van der Waals surface area contributed by atoms with Crippen molar-refractivity contribution < 1.29 is 0 Å². The lowest BCUT2D eigenvalue weighted by molar-refractivity contribution is 0.291. The molecule has 0 radical (unpaired) electrons. The zero-order valence-corrected chi connectivity index (χ0v) is 12.1. The third-order valence-electron chi connectivity index (χ3n) is 3.51. The number of halogens is 1. The van der Waals surface area contributed by atoms with Gasteiger partial charge in [0.1, 0.15) is 0 Å². The van der Waals surface area contributed by atoms with E-state index in [0.717, 1.165) is 13.1 Å². The summed E-state index contributed by atoms with van der Waals surface area (Å²) in [6, 6.07) is 4.31. The van der Waals surface area contributed by atoms with E-state index in [-0.39, 0.29) is 0 Å². The quantitative estimate of drug-likeness (QED) is 0.874. The van der Waals surface area contributed by atoms with Gasteiger partial charge in [-0.05, 0) is 52.9 Å². The third kappa shape index (κ3) is 3.06. The largest absolute Gasteiger partial charge is 0.316 e. The minimum Gasteiger partial charge on any atom is -0.316 e. The molecule has 1 unspecified atom stereocenters. The van der Waals surface area contributed by atoms with Crippen LogP contribution in [0.3, 0.4) is 0 Å². The molecule has 1 aromatic heterocycles. The smallest absolute Gasteiger partial charge is 0.0701 e. The molecule has 0 aromatic carbocycles. The molecule has 1 fully saturated rings. The monoisotopic (exact) mass is 302 g/mol. The van der Waals surface area contributed by atoms with Gasteiger partial charge in [-0.3, -0.25) is 0 Å². The fraction of sp³-hybridized carbons (Fsp3) is 0.667. The van der Waals surface area contributed by atoms with Gasteiger partial charge in [-0.15, -0.1) is 11.3 Å².